The largest absolute Gasteiger partial charge is 0.487 e. The van der Waals surface area contributed by atoms with E-state index in [0.717, 1.165) is 11.3 Å². The second-order valence-corrected chi connectivity index (χ2v) is 11.2. The number of nitrogens with zero attached hydrogens (tertiary/aromatic N) is 4. The number of sulfonamides is 1. The van der Waals surface area contributed by atoms with Crippen LogP contribution in [0.5, 0.6) is 5.75 Å². The molecule has 2 atom stereocenters. The van der Waals surface area contributed by atoms with Crippen molar-refractivity contribution in [1.29, 1.82) is 0 Å². The number of primary sulfonamides is 1. The molecule has 4 N–H and O–H groups in total. The third-order valence-corrected chi connectivity index (χ3v) is 7.28. The Bertz CT molecular complexity index is 1300. The Balaban J connectivity index is 1.72. The maximum atomic E-state index is 12.8. The SMILES string of the molecule is CC(C)C(NC(=O)C(C(C)C)n1cc(COc2ccc3nc(S(N)(=O)=O)sc3c2)nn1)C(=O)O. The van der Waals surface area contributed by atoms with Crippen LogP contribution in [0.2, 0.25) is 0 Å². The van der Waals surface area contributed by atoms with Gasteiger partial charge >= 0.3 is 5.97 Å². The van der Waals surface area contributed by atoms with Crippen molar-refractivity contribution >= 4 is 43.5 Å². The number of thiazole rings is 1. The van der Waals surface area contributed by atoms with E-state index in [4.69, 9.17) is 9.88 Å². The highest BCUT2D eigenvalue weighted by Crippen LogP contribution is 2.28. The molecule has 1 amide bonds. The van der Waals surface area contributed by atoms with Gasteiger partial charge < -0.3 is 15.2 Å². The summed E-state index contributed by atoms with van der Waals surface area (Å²) in [5, 5.41) is 25.2. The van der Waals surface area contributed by atoms with Crippen molar-refractivity contribution in [3.05, 3.63) is 30.1 Å². The first-order valence-electron chi connectivity index (χ1n) is 10.4. The summed E-state index contributed by atoms with van der Waals surface area (Å²) in [5.74, 6) is -1.57. The van der Waals surface area contributed by atoms with E-state index in [0.29, 0.717) is 21.7 Å². The van der Waals surface area contributed by atoms with Crippen LogP contribution < -0.4 is 15.2 Å². The maximum Gasteiger partial charge on any atom is 0.326 e. The molecule has 12 nitrogen and oxygen atoms in total. The molecule has 1 aromatic carbocycles. The number of rotatable bonds is 10. The summed E-state index contributed by atoms with van der Waals surface area (Å²) in [6.07, 6.45) is 1.57. The molecule has 0 radical (unpaired) electrons. The van der Waals surface area contributed by atoms with Gasteiger partial charge in [0.1, 0.15) is 30.1 Å². The predicted molar refractivity (Wildman–Crippen MR) is 124 cm³/mol. The maximum absolute atomic E-state index is 12.8. The minimum Gasteiger partial charge on any atom is -0.487 e. The molecule has 0 aliphatic heterocycles. The van der Waals surface area contributed by atoms with Gasteiger partial charge in [-0.15, -0.1) is 16.4 Å². The van der Waals surface area contributed by atoms with E-state index in [1.54, 1.807) is 38.2 Å². The van der Waals surface area contributed by atoms with Gasteiger partial charge in [-0.05, 0) is 30.0 Å². The monoisotopic (exact) mass is 510 g/mol. The van der Waals surface area contributed by atoms with E-state index in [1.807, 2.05) is 13.8 Å². The summed E-state index contributed by atoms with van der Waals surface area (Å²) >= 11 is 0.941. The van der Waals surface area contributed by atoms with E-state index in [-0.39, 0.29) is 22.8 Å². The van der Waals surface area contributed by atoms with Crippen LogP contribution in [0, 0.1) is 11.8 Å². The van der Waals surface area contributed by atoms with E-state index in [1.165, 1.54) is 4.68 Å². The lowest BCUT2D eigenvalue weighted by Crippen LogP contribution is -2.48. The lowest BCUT2D eigenvalue weighted by atomic mass is 10.0. The predicted octanol–water partition coefficient (Wildman–Crippen LogP) is 1.54. The molecule has 3 rings (SSSR count). The van der Waals surface area contributed by atoms with Crippen LogP contribution in [0.15, 0.2) is 28.7 Å². The molecule has 0 fully saturated rings. The van der Waals surface area contributed by atoms with E-state index in [9.17, 15) is 23.1 Å². The normalized spacial score (nSPS) is 13.9. The number of carboxylic acids is 1. The zero-order valence-electron chi connectivity index (χ0n) is 19.0. The van der Waals surface area contributed by atoms with Crippen molar-refractivity contribution in [2.45, 2.75) is 50.7 Å². The second-order valence-electron chi connectivity index (χ2n) is 8.39. The average Bonchev–Trinajstić information content (AvgIpc) is 3.36. The Labute approximate surface area is 200 Å². The second kappa shape index (κ2) is 10.0. The van der Waals surface area contributed by atoms with Crippen LogP contribution in [0.3, 0.4) is 0 Å². The molecule has 2 unspecified atom stereocenters. The molecular weight excluding hydrogens is 484 g/mol. The Morgan fingerprint density at radius 2 is 1.94 bits per heavy atom. The summed E-state index contributed by atoms with van der Waals surface area (Å²) in [6, 6.07) is 3.14. The lowest BCUT2D eigenvalue weighted by Gasteiger charge is -2.24. The lowest BCUT2D eigenvalue weighted by molar-refractivity contribution is -0.144. The van der Waals surface area contributed by atoms with Crippen LogP contribution in [0.4, 0.5) is 0 Å². The van der Waals surface area contributed by atoms with Gasteiger partial charge in [0.25, 0.3) is 10.0 Å². The smallest absolute Gasteiger partial charge is 0.326 e. The molecule has 14 heteroatoms. The van der Waals surface area contributed by atoms with Gasteiger partial charge in [0.05, 0.1) is 16.4 Å². The molecule has 2 aromatic heterocycles. The van der Waals surface area contributed by atoms with E-state index >= 15 is 0 Å². The molecule has 0 saturated heterocycles. The van der Waals surface area contributed by atoms with Gasteiger partial charge in [-0.25, -0.2) is 28.0 Å². The number of fused-ring (bicyclic) bond motifs is 1. The average molecular weight is 511 g/mol. The highest BCUT2D eigenvalue weighted by atomic mass is 32.2. The molecular formula is C20H26N6O6S2. The standard InChI is InChI=1S/C20H26N6O6S2/c1-10(2)16(19(28)29)23-18(27)17(11(3)4)26-8-12(24-25-26)9-32-13-5-6-14-15(7-13)33-20(22-14)34(21,30)31/h5-8,10-11,16-17H,9H2,1-4H3,(H,23,27)(H,28,29)(H2,21,30,31). The van der Waals surface area contributed by atoms with Crippen molar-refractivity contribution in [1.82, 2.24) is 25.3 Å². The zero-order chi connectivity index (χ0) is 25.2. The molecule has 34 heavy (non-hydrogen) atoms. The van der Waals surface area contributed by atoms with Gasteiger partial charge in [0.2, 0.25) is 10.2 Å². The number of ether oxygens (including phenoxy) is 1. The minimum absolute atomic E-state index is 0.0442. The fourth-order valence-electron chi connectivity index (χ4n) is 3.25. The van der Waals surface area contributed by atoms with Crippen molar-refractivity contribution < 1.29 is 27.9 Å². The van der Waals surface area contributed by atoms with E-state index in [2.05, 4.69) is 20.6 Å². The molecule has 0 bridgehead atoms. The number of nitrogens with two attached hydrogens (primary N) is 1. The van der Waals surface area contributed by atoms with Gasteiger partial charge in [-0.2, -0.15) is 0 Å². The summed E-state index contributed by atoms with van der Waals surface area (Å²) in [7, 11) is -3.89. The quantitative estimate of drug-likeness (QED) is 0.364. The molecule has 3 aromatic rings. The Hall–Kier alpha value is -3.10. The van der Waals surface area contributed by atoms with Crippen LogP contribution >= 0.6 is 11.3 Å². The third kappa shape index (κ3) is 5.87. The number of benzene rings is 1. The van der Waals surface area contributed by atoms with Crippen molar-refractivity contribution in [3.63, 3.8) is 0 Å². The molecule has 0 aliphatic rings. The van der Waals surface area contributed by atoms with Crippen LogP contribution in [-0.2, 0) is 26.2 Å². The number of amides is 1. The van der Waals surface area contributed by atoms with Crippen molar-refractivity contribution in [2.75, 3.05) is 0 Å². The summed E-state index contributed by atoms with van der Waals surface area (Å²) in [5.41, 5.74) is 0.936. The zero-order valence-corrected chi connectivity index (χ0v) is 20.6. The number of carbonyl (C=O) groups is 2. The number of carbonyl (C=O) groups excluding carboxylic acids is 1. The fraction of sp³-hybridized carbons (Fsp3) is 0.450. The first-order valence-corrected chi connectivity index (χ1v) is 12.7. The highest BCUT2D eigenvalue weighted by Gasteiger charge is 2.31. The Morgan fingerprint density at radius 3 is 2.53 bits per heavy atom. The first-order chi connectivity index (χ1) is 15.9. The molecule has 0 spiro atoms. The number of hydrogen-bond donors (Lipinski definition) is 3. The van der Waals surface area contributed by atoms with Crippen LogP contribution in [-0.4, -0.2) is 51.4 Å². The summed E-state index contributed by atoms with van der Waals surface area (Å²) in [6.45, 7) is 7.13. The van der Waals surface area contributed by atoms with E-state index < -0.39 is 34.0 Å². The van der Waals surface area contributed by atoms with Crippen LogP contribution in [0.1, 0.15) is 39.4 Å². The third-order valence-electron chi connectivity index (χ3n) is 4.94. The fourth-order valence-corrected chi connectivity index (χ4v) is 4.93. The number of carboxylic acid groups (broad SMARTS) is 1. The van der Waals surface area contributed by atoms with Gasteiger partial charge in [0.15, 0.2) is 0 Å². The van der Waals surface area contributed by atoms with Crippen molar-refractivity contribution in [3.8, 4) is 5.75 Å². The van der Waals surface area contributed by atoms with Crippen LogP contribution in [0.25, 0.3) is 10.2 Å². The van der Waals surface area contributed by atoms with Gasteiger partial charge in [-0.3, -0.25) is 4.79 Å². The van der Waals surface area contributed by atoms with Gasteiger partial charge in [0, 0.05) is 0 Å². The molecule has 2 heterocycles. The number of aliphatic carboxylic acids is 1. The topological polar surface area (TPSA) is 179 Å². The summed E-state index contributed by atoms with van der Waals surface area (Å²) < 4.78 is 30.5. The highest BCUT2D eigenvalue weighted by molar-refractivity contribution is 7.91. The van der Waals surface area contributed by atoms with Crippen molar-refractivity contribution in [2.24, 2.45) is 17.0 Å². The molecule has 0 saturated carbocycles. The summed E-state index contributed by atoms with van der Waals surface area (Å²) in [4.78, 5) is 28.3. The number of hydrogen-bond acceptors (Lipinski definition) is 9. The Morgan fingerprint density at radius 1 is 1.24 bits per heavy atom. The first kappa shape index (κ1) is 25.5. The molecule has 0 aliphatic carbocycles. The Kier molecular flexibility index (Phi) is 7.53. The molecule has 184 valence electrons. The minimum atomic E-state index is -3.89. The number of nitrogens with one attached hydrogen (secondary N) is 1. The number of aromatic nitrogens is 4. The van der Waals surface area contributed by atoms with Gasteiger partial charge in [-0.1, -0.05) is 32.9 Å².